The van der Waals surface area contributed by atoms with E-state index in [0.717, 1.165) is 25.8 Å². The maximum absolute atomic E-state index is 8.68. The SMILES string of the molecule is OCCCCCCCCCCCCNCCCCCCO. The van der Waals surface area contributed by atoms with Gasteiger partial charge in [-0.05, 0) is 38.8 Å². The normalized spacial score (nSPS) is 11.1. The largest absolute Gasteiger partial charge is 0.396 e. The third-order valence-electron chi connectivity index (χ3n) is 4.02. The summed E-state index contributed by atoms with van der Waals surface area (Å²) in [6.07, 6.45) is 17.6. The highest BCUT2D eigenvalue weighted by molar-refractivity contribution is 4.52. The molecular formula is C18H39NO2. The molecule has 0 saturated carbocycles. The third-order valence-corrected chi connectivity index (χ3v) is 4.02. The van der Waals surface area contributed by atoms with Crippen LogP contribution in [0.5, 0.6) is 0 Å². The summed E-state index contributed by atoms with van der Waals surface area (Å²) in [5.41, 5.74) is 0. The summed E-state index contributed by atoms with van der Waals surface area (Å²) in [5, 5.41) is 20.9. The zero-order chi connectivity index (χ0) is 15.4. The summed E-state index contributed by atoms with van der Waals surface area (Å²) in [6, 6.07) is 0. The van der Waals surface area contributed by atoms with Gasteiger partial charge in [0.05, 0.1) is 0 Å². The fourth-order valence-corrected chi connectivity index (χ4v) is 2.62. The first-order chi connectivity index (χ1) is 10.4. The predicted octanol–water partition coefficient (Wildman–Crippen LogP) is 4.02. The molecule has 0 fully saturated rings. The van der Waals surface area contributed by atoms with Crippen molar-refractivity contribution >= 4 is 0 Å². The van der Waals surface area contributed by atoms with Crippen LogP contribution in [0.2, 0.25) is 0 Å². The minimum atomic E-state index is 0.343. The van der Waals surface area contributed by atoms with E-state index in [0.29, 0.717) is 13.2 Å². The van der Waals surface area contributed by atoms with E-state index < -0.39 is 0 Å². The summed E-state index contributed by atoms with van der Waals surface area (Å²) in [5.74, 6) is 0. The van der Waals surface area contributed by atoms with Gasteiger partial charge in [0.1, 0.15) is 0 Å². The molecule has 0 aliphatic rings. The van der Waals surface area contributed by atoms with Crippen LogP contribution < -0.4 is 5.32 Å². The second kappa shape index (κ2) is 19.9. The summed E-state index contributed by atoms with van der Waals surface area (Å²) in [4.78, 5) is 0. The molecular weight excluding hydrogens is 262 g/mol. The van der Waals surface area contributed by atoms with Gasteiger partial charge in [-0.2, -0.15) is 0 Å². The standard InChI is InChI=1S/C18H39NO2/c20-17-13-9-6-4-2-1-3-5-7-11-15-19-16-12-8-10-14-18-21/h19-21H,1-18H2. The maximum atomic E-state index is 8.68. The molecule has 0 radical (unpaired) electrons. The van der Waals surface area contributed by atoms with Gasteiger partial charge in [-0.3, -0.25) is 0 Å². The van der Waals surface area contributed by atoms with Crippen molar-refractivity contribution in [1.29, 1.82) is 0 Å². The van der Waals surface area contributed by atoms with Crippen LogP contribution in [-0.2, 0) is 0 Å². The molecule has 0 aliphatic carbocycles. The Bertz CT molecular complexity index is 159. The lowest BCUT2D eigenvalue weighted by molar-refractivity contribution is 0.282. The van der Waals surface area contributed by atoms with E-state index >= 15 is 0 Å². The minimum Gasteiger partial charge on any atom is -0.396 e. The van der Waals surface area contributed by atoms with Crippen LogP contribution >= 0.6 is 0 Å². The van der Waals surface area contributed by atoms with Gasteiger partial charge in [-0.1, -0.05) is 64.2 Å². The number of aliphatic hydroxyl groups is 2. The molecule has 0 rings (SSSR count). The van der Waals surface area contributed by atoms with E-state index in [1.165, 1.54) is 77.2 Å². The molecule has 0 aromatic carbocycles. The summed E-state index contributed by atoms with van der Waals surface area (Å²) in [6.45, 7) is 3.01. The van der Waals surface area contributed by atoms with Crippen molar-refractivity contribution in [3.05, 3.63) is 0 Å². The quantitative estimate of drug-likeness (QED) is 0.335. The van der Waals surface area contributed by atoms with Gasteiger partial charge in [-0.15, -0.1) is 0 Å². The molecule has 0 saturated heterocycles. The highest BCUT2D eigenvalue weighted by atomic mass is 16.3. The van der Waals surface area contributed by atoms with Crippen molar-refractivity contribution in [2.24, 2.45) is 0 Å². The fraction of sp³-hybridized carbons (Fsp3) is 1.00. The molecule has 0 bridgehead atoms. The Morgan fingerprint density at radius 3 is 1.00 bits per heavy atom. The van der Waals surface area contributed by atoms with Gasteiger partial charge in [0.2, 0.25) is 0 Å². The molecule has 128 valence electrons. The Kier molecular flexibility index (Phi) is 19.8. The molecule has 21 heavy (non-hydrogen) atoms. The topological polar surface area (TPSA) is 52.5 Å². The van der Waals surface area contributed by atoms with E-state index in [9.17, 15) is 0 Å². The molecule has 0 heterocycles. The Morgan fingerprint density at radius 2 is 0.667 bits per heavy atom. The summed E-state index contributed by atoms with van der Waals surface area (Å²) >= 11 is 0. The minimum absolute atomic E-state index is 0.343. The molecule has 0 aromatic heterocycles. The van der Waals surface area contributed by atoms with Crippen LogP contribution in [0, 0.1) is 0 Å². The van der Waals surface area contributed by atoms with Crippen LogP contribution in [0.25, 0.3) is 0 Å². The van der Waals surface area contributed by atoms with Crippen LogP contribution in [0.1, 0.15) is 89.9 Å². The van der Waals surface area contributed by atoms with Crippen molar-refractivity contribution in [3.63, 3.8) is 0 Å². The molecule has 0 amide bonds. The van der Waals surface area contributed by atoms with Crippen LogP contribution in [0.4, 0.5) is 0 Å². The Labute approximate surface area is 132 Å². The number of hydrogen-bond donors (Lipinski definition) is 3. The zero-order valence-corrected chi connectivity index (χ0v) is 14.1. The van der Waals surface area contributed by atoms with Crippen LogP contribution in [0.3, 0.4) is 0 Å². The maximum Gasteiger partial charge on any atom is 0.0431 e. The van der Waals surface area contributed by atoms with Crippen LogP contribution in [-0.4, -0.2) is 36.5 Å². The van der Waals surface area contributed by atoms with Crippen molar-refractivity contribution in [1.82, 2.24) is 5.32 Å². The lowest BCUT2D eigenvalue weighted by Gasteiger charge is -2.05. The van der Waals surface area contributed by atoms with Crippen molar-refractivity contribution in [2.75, 3.05) is 26.3 Å². The highest BCUT2D eigenvalue weighted by Gasteiger charge is 1.94. The van der Waals surface area contributed by atoms with Crippen LogP contribution in [0.15, 0.2) is 0 Å². The van der Waals surface area contributed by atoms with Gasteiger partial charge in [0.15, 0.2) is 0 Å². The Morgan fingerprint density at radius 1 is 0.381 bits per heavy atom. The molecule has 3 N–H and O–H groups in total. The molecule has 0 aliphatic heterocycles. The first-order valence-electron chi connectivity index (χ1n) is 9.34. The zero-order valence-electron chi connectivity index (χ0n) is 14.1. The summed E-state index contributed by atoms with van der Waals surface area (Å²) < 4.78 is 0. The Hall–Kier alpha value is -0.120. The van der Waals surface area contributed by atoms with Gasteiger partial charge < -0.3 is 15.5 Å². The second-order valence-electron chi connectivity index (χ2n) is 6.15. The molecule has 3 nitrogen and oxygen atoms in total. The van der Waals surface area contributed by atoms with E-state index in [-0.39, 0.29) is 0 Å². The number of nitrogens with one attached hydrogen (secondary N) is 1. The molecule has 0 unspecified atom stereocenters. The third kappa shape index (κ3) is 19.9. The number of unbranched alkanes of at least 4 members (excludes halogenated alkanes) is 12. The molecule has 0 atom stereocenters. The molecule has 0 spiro atoms. The van der Waals surface area contributed by atoms with Crippen molar-refractivity contribution in [3.8, 4) is 0 Å². The average molecular weight is 302 g/mol. The van der Waals surface area contributed by atoms with Crippen molar-refractivity contribution < 1.29 is 10.2 Å². The van der Waals surface area contributed by atoms with Gasteiger partial charge in [0.25, 0.3) is 0 Å². The fourth-order valence-electron chi connectivity index (χ4n) is 2.62. The van der Waals surface area contributed by atoms with Gasteiger partial charge in [-0.25, -0.2) is 0 Å². The highest BCUT2D eigenvalue weighted by Crippen LogP contribution is 2.10. The first kappa shape index (κ1) is 20.9. The lowest BCUT2D eigenvalue weighted by atomic mass is 10.1. The second-order valence-corrected chi connectivity index (χ2v) is 6.15. The smallest absolute Gasteiger partial charge is 0.0431 e. The monoisotopic (exact) mass is 301 g/mol. The lowest BCUT2D eigenvalue weighted by Crippen LogP contribution is -2.16. The van der Waals surface area contributed by atoms with E-state index in [1.807, 2.05) is 0 Å². The first-order valence-corrected chi connectivity index (χ1v) is 9.34. The average Bonchev–Trinajstić information content (AvgIpc) is 2.50. The Balaban J connectivity index is 2.90. The predicted molar refractivity (Wildman–Crippen MR) is 91.7 cm³/mol. The number of rotatable bonds is 18. The van der Waals surface area contributed by atoms with Gasteiger partial charge >= 0.3 is 0 Å². The van der Waals surface area contributed by atoms with E-state index in [4.69, 9.17) is 10.2 Å². The molecule has 0 aromatic rings. The van der Waals surface area contributed by atoms with Gasteiger partial charge in [0, 0.05) is 13.2 Å². The van der Waals surface area contributed by atoms with E-state index in [2.05, 4.69) is 5.32 Å². The number of hydrogen-bond acceptors (Lipinski definition) is 3. The van der Waals surface area contributed by atoms with E-state index in [1.54, 1.807) is 0 Å². The molecule has 3 heteroatoms. The number of aliphatic hydroxyl groups excluding tert-OH is 2. The van der Waals surface area contributed by atoms with Crippen molar-refractivity contribution in [2.45, 2.75) is 89.9 Å². The summed E-state index contributed by atoms with van der Waals surface area (Å²) in [7, 11) is 0.